The second-order valence-electron chi connectivity index (χ2n) is 3.54. The van der Waals surface area contributed by atoms with E-state index in [0.29, 0.717) is 5.57 Å². The number of carbonyl (C=O) groups excluding carboxylic acids is 2. The Balaban J connectivity index is 2.42. The number of imide groups is 1. The van der Waals surface area contributed by atoms with Gasteiger partial charge >= 0.3 is 5.97 Å². The molecule has 0 spiro atoms. The molecule has 0 aromatic carbocycles. The molecular formula is C11H8N2O4. The van der Waals surface area contributed by atoms with E-state index < -0.39 is 17.8 Å². The summed E-state index contributed by atoms with van der Waals surface area (Å²) in [4.78, 5) is 38.5. The Kier molecular flexibility index (Phi) is 2.47. The van der Waals surface area contributed by atoms with Crippen molar-refractivity contribution >= 4 is 23.5 Å². The molecule has 1 N–H and O–H groups in total. The number of carbonyl (C=O) groups is 3. The van der Waals surface area contributed by atoms with Gasteiger partial charge in [-0.05, 0) is 13.0 Å². The average molecular weight is 232 g/mol. The minimum absolute atomic E-state index is 0.0762. The number of pyridine rings is 1. The maximum Gasteiger partial charge on any atom is 0.337 e. The molecule has 0 saturated carbocycles. The number of aromatic carboxylic acids is 1. The summed E-state index contributed by atoms with van der Waals surface area (Å²) >= 11 is 0. The summed E-state index contributed by atoms with van der Waals surface area (Å²) in [5, 5.41) is 8.79. The van der Waals surface area contributed by atoms with Gasteiger partial charge in [0.15, 0.2) is 0 Å². The van der Waals surface area contributed by atoms with Crippen LogP contribution < -0.4 is 4.90 Å². The highest BCUT2D eigenvalue weighted by atomic mass is 16.4. The summed E-state index contributed by atoms with van der Waals surface area (Å²) < 4.78 is 0. The topological polar surface area (TPSA) is 87.6 Å². The third-order valence-corrected chi connectivity index (χ3v) is 2.33. The fourth-order valence-corrected chi connectivity index (χ4v) is 1.50. The van der Waals surface area contributed by atoms with Crippen LogP contribution in [-0.4, -0.2) is 27.9 Å². The molecule has 0 unspecified atom stereocenters. The molecule has 0 atom stereocenters. The van der Waals surface area contributed by atoms with E-state index in [0.717, 1.165) is 11.1 Å². The van der Waals surface area contributed by atoms with E-state index >= 15 is 0 Å². The molecule has 1 aliphatic rings. The fraction of sp³-hybridized carbons (Fsp3) is 0.0909. The smallest absolute Gasteiger partial charge is 0.337 e. The lowest BCUT2D eigenvalue weighted by atomic mass is 10.2. The standard InChI is InChI=1S/C11H8N2O4/c1-6-2-9(14)13(10(6)15)8-3-7(11(16)17)4-12-5-8/h2-5H,1H3,(H,16,17). The van der Waals surface area contributed by atoms with Crippen molar-refractivity contribution in [2.45, 2.75) is 6.92 Å². The first-order valence-corrected chi connectivity index (χ1v) is 4.76. The van der Waals surface area contributed by atoms with Gasteiger partial charge in [-0.25, -0.2) is 9.69 Å². The fourth-order valence-electron chi connectivity index (χ4n) is 1.50. The van der Waals surface area contributed by atoms with Crippen LogP contribution in [0.25, 0.3) is 0 Å². The number of rotatable bonds is 2. The molecule has 0 saturated heterocycles. The summed E-state index contributed by atoms with van der Waals surface area (Å²) in [7, 11) is 0. The normalized spacial score (nSPS) is 15.1. The van der Waals surface area contributed by atoms with Crippen LogP contribution in [0.5, 0.6) is 0 Å². The Morgan fingerprint density at radius 2 is 2.06 bits per heavy atom. The molecule has 2 rings (SSSR count). The van der Waals surface area contributed by atoms with Gasteiger partial charge in [-0.15, -0.1) is 0 Å². The molecular weight excluding hydrogens is 224 g/mol. The van der Waals surface area contributed by atoms with Crippen molar-refractivity contribution in [2.24, 2.45) is 0 Å². The zero-order valence-corrected chi connectivity index (χ0v) is 8.88. The maximum absolute atomic E-state index is 11.7. The quantitative estimate of drug-likeness (QED) is 0.754. The van der Waals surface area contributed by atoms with Crippen molar-refractivity contribution in [1.29, 1.82) is 0 Å². The average Bonchev–Trinajstić information content (AvgIpc) is 2.53. The Bertz CT molecular complexity index is 562. The van der Waals surface area contributed by atoms with Gasteiger partial charge in [0.1, 0.15) is 0 Å². The van der Waals surface area contributed by atoms with Gasteiger partial charge in [0.05, 0.1) is 17.4 Å². The van der Waals surface area contributed by atoms with E-state index in [4.69, 9.17) is 5.11 Å². The highest BCUT2D eigenvalue weighted by molar-refractivity contribution is 6.30. The van der Waals surface area contributed by atoms with Crippen molar-refractivity contribution in [1.82, 2.24) is 4.98 Å². The molecule has 6 nitrogen and oxygen atoms in total. The number of anilines is 1. The Morgan fingerprint density at radius 3 is 2.59 bits per heavy atom. The van der Waals surface area contributed by atoms with E-state index in [2.05, 4.69) is 4.98 Å². The highest BCUT2D eigenvalue weighted by Crippen LogP contribution is 2.22. The highest BCUT2D eigenvalue weighted by Gasteiger charge is 2.30. The van der Waals surface area contributed by atoms with Crippen molar-refractivity contribution < 1.29 is 19.5 Å². The molecule has 86 valence electrons. The number of carboxylic acid groups (broad SMARTS) is 1. The SMILES string of the molecule is CC1=CC(=O)N(c2cncc(C(=O)O)c2)C1=O. The van der Waals surface area contributed by atoms with E-state index in [1.165, 1.54) is 25.3 Å². The second kappa shape index (κ2) is 3.82. The summed E-state index contributed by atoms with van der Waals surface area (Å²) in [5.41, 5.74) is 0.399. The first-order chi connectivity index (χ1) is 8.00. The minimum Gasteiger partial charge on any atom is -0.478 e. The van der Waals surface area contributed by atoms with Gasteiger partial charge in [0.2, 0.25) is 0 Å². The lowest BCUT2D eigenvalue weighted by Crippen LogP contribution is -2.30. The lowest BCUT2D eigenvalue weighted by molar-refractivity contribution is -0.120. The Hall–Kier alpha value is -2.50. The van der Waals surface area contributed by atoms with Crippen LogP contribution in [0.1, 0.15) is 17.3 Å². The first kappa shape index (κ1) is 11.0. The summed E-state index contributed by atoms with van der Waals surface area (Å²) in [6.07, 6.45) is 3.63. The number of nitrogens with zero attached hydrogens (tertiary/aromatic N) is 2. The Morgan fingerprint density at radius 1 is 1.35 bits per heavy atom. The molecule has 0 radical (unpaired) electrons. The molecule has 2 amide bonds. The van der Waals surface area contributed by atoms with E-state index in [1.807, 2.05) is 0 Å². The van der Waals surface area contributed by atoms with Crippen LogP contribution in [0.15, 0.2) is 30.1 Å². The van der Waals surface area contributed by atoms with Gasteiger partial charge < -0.3 is 5.11 Å². The van der Waals surface area contributed by atoms with E-state index in [-0.39, 0.29) is 11.3 Å². The summed E-state index contributed by atoms with van der Waals surface area (Å²) in [6.45, 7) is 1.52. The second-order valence-corrected chi connectivity index (χ2v) is 3.54. The molecule has 0 aliphatic carbocycles. The third kappa shape index (κ3) is 1.80. The first-order valence-electron chi connectivity index (χ1n) is 4.76. The number of amides is 2. The number of carboxylic acids is 1. The molecule has 1 aromatic heterocycles. The maximum atomic E-state index is 11.7. The number of hydrogen-bond acceptors (Lipinski definition) is 4. The van der Waals surface area contributed by atoms with E-state index in [1.54, 1.807) is 0 Å². The predicted molar refractivity (Wildman–Crippen MR) is 57.4 cm³/mol. The summed E-state index contributed by atoms with van der Waals surface area (Å²) in [5.74, 6) is -2.11. The van der Waals surface area contributed by atoms with Gasteiger partial charge in [-0.3, -0.25) is 14.6 Å². The van der Waals surface area contributed by atoms with Crippen molar-refractivity contribution in [2.75, 3.05) is 4.90 Å². The van der Waals surface area contributed by atoms with Gasteiger partial charge in [0.25, 0.3) is 11.8 Å². The lowest BCUT2D eigenvalue weighted by Gasteiger charge is -2.14. The van der Waals surface area contributed by atoms with Crippen molar-refractivity contribution in [3.8, 4) is 0 Å². The van der Waals surface area contributed by atoms with Crippen LogP contribution in [0.2, 0.25) is 0 Å². The molecule has 2 heterocycles. The van der Waals surface area contributed by atoms with Crippen LogP contribution in [-0.2, 0) is 9.59 Å². The van der Waals surface area contributed by atoms with Crippen LogP contribution in [0.4, 0.5) is 5.69 Å². The number of aromatic nitrogens is 1. The van der Waals surface area contributed by atoms with Crippen LogP contribution in [0, 0.1) is 0 Å². The Labute approximate surface area is 96.2 Å². The van der Waals surface area contributed by atoms with Crippen molar-refractivity contribution in [3.63, 3.8) is 0 Å². The number of hydrogen-bond donors (Lipinski definition) is 1. The van der Waals surface area contributed by atoms with Gasteiger partial charge in [0, 0.05) is 17.8 Å². The third-order valence-electron chi connectivity index (χ3n) is 2.33. The monoisotopic (exact) mass is 232 g/mol. The zero-order valence-electron chi connectivity index (χ0n) is 8.88. The van der Waals surface area contributed by atoms with Crippen LogP contribution in [0.3, 0.4) is 0 Å². The van der Waals surface area contributed by atoms with Crippen molar-refractivity contribution in [3.05, 3.63) is 35.7 Å². The molecule has 1 aliphatic heterocycles. The van der Waals surface area contributed by atoms with Gasteiger partial charge in [-0.1, -0.05) is 0 Å². The minimum atomic E-state index is -1.16. The molecule has 0 fully saturated rings. The summed E-state index contributed by atoms with van der Waals surface area (Å²) in [6, 6.07) is 1.23. The van der Waals surface area contributed by atoms with E-state index in [9.17, 15) is 14.4 Å². The van der Waals surface area contributed by atoms with Crippen LogP contribution >= 0.6 is 0 Å². The molecule has 0 bridgehead atoms. The van der Waals surface area contributed by atoms with Gasteiger partial charge in [-0.2, -0.15) is 0 Å². The zero-order chi connectivity index (χ0) is 12.6. The molecule has 1 aromatic rings. The predicted octanol–water partition coefficient (Wildman–Crippen LogP) is 0.599. The largest absolute Gasteiger partial charge is 0.478 e. The molecule has 6 heteroatoms. The molecule has 17 heavy (non-hydrogen) atoms.